The molecule has 2 saturated carbocycles. The first-order valence-electron chi connectivity index (χ1n) is 7.39. The molecule has 2 rings (SSSR count). The summed E-state index contributed by atoms with van der Waals surface area (Å²) in [5, 5.41) is 2.65. The quantitative estimate of drug-likeness (QED) is 0.805. The van der Waals surface area contributed by atoms with Crippen LogP contribution >= 0.6 is 0 Å². The van der Waals surface area contributed by atoms with Crippen molar-refractivity contribution in [2.75, 3.05) is 7.11 Å². The molecular formula is C15H25NO4. The third-order valence-electron chi connectivity index (χ3n) is 4.27. The second kappa shape index (κ2) is 5.62. The molecule has 1 N–H and O–H groups in total. The lowest BCUT2D eigenvalue weighted by Crippen LogP contribution is -2.44. The van der Waals surface area contributed by atoms with Crippen LogP contribution in [0.4, 0.5) is 4.79 Å². The second-order valence-corrected chi connectivity index (χ2v) is 6.88. The van der Waals surface area contributed by atoms with Crippen LogP contribution in [0.15, 0.2) is 0 Å². The van der Waals surface area contributed by atoms with Gasteiger partial charge in [0.05, 0.1) is 7.11 Å². The van der Waals surface area contributed by atoms with Gasteiger partial charge in [-0.2, -0.15) is 0 Å². The molecule has 2 fully saturated rings. The third kappa shape index (κ3) is 3.64. The summed E-state index contributed by atoms with van der Waals surface area (Å²) < 4.78 is 9.99. The predicted molar refractivity (Wildman–Crippen MR) is 74.1 cm³/mol. The average molecular weight is 283 g/mol. The Bertz CT molecular complexity index is 378. The lowest BCUT2D eigenvalue weighted by atomic mass is 10.0. The SMILES string of the molecule is COC(=O)C(CC1[C@H]2CCC[C@@H]12)NC(=O)OC(C)(C)C. The Labute approximate surface area is 120 Å². The van der Waals surface area contributed by atoms with Gasteiger partial charge in [-0.05, 0) is 57.8 Å². The molecule has 0 aliphatic heterocycles. The smallest absolute Gasteiger partial charge is 0.408 e. The van der Waals surface area contributed by atoms with Gasteiger partial charge in [-0.15, -0.1) is 0 Å². The molecular weight excluding hydrogens is 258 g/mol. The number of ether oxygens (including phenoxy) is 2. The van der Waals surface area contributed by atoms with Crippen LogP contribution in [-0.4, -0.2) is 30.8 Å². The van der Waals surface area contributed by atoms with Crippen LogP contribution in [0.25, 0.3) is 0 Å². The van der Waals surface area contributed by atoms with Crippen molar-refractivity contribution in [1.29, 1.82) is 0 Å². The maximum Gasteiger partial charge on any atom is 0.408 e. The summed E-state index contributed by atoms with van der Waals surface area (Å²) in [6, 6.07) is -0.592. The highest BCUT2D eigenvalue weighted by molar-refractivity contribution is 5.81. The van der Waals surface area contributed by atoms with E-state index in [0.717, 1.165) is 11.8 Å². The lowest BCUT2D eigenvalue weighted by Gasteiger charge is -2.23. The topological polar surface area (TPSA) is 64.6 Å². The second-order valence-electron chi connectivity index (χ2n) is 6.88. The number of carbonyl (C=O) groups excluding carboxylic acids is 2. The van der Waals surface area contributed by atoms with Crippen molar-refractivity contribution in [3.8, 4) is 0 Å². The van der Waals surface area contributed by atoms with Gasteiger partial charge < -0.3 is 14.8 Å². The summed E-state index contributed by atoms with van der Waals surface area (Å²) in [7, 11) is 1.35. The number of fused-ring (bicyclic) bond motifs is 1. The first kappa shape index (κ1) is 15.1. The molecule has 2 unspecified atom stereocenters. The minimum Gasteiger partial charge on any atom is -0.467 e. The summed E-state index contributed by atoms with van der Waals surface area (Å²) >= 11 is 0. The van der Waals surface area contributed by atoms with E-state index in [1.54, 1.807) is 20.8 Å². The van der Waals surface area contributed by atoms with Crippen LogP contribution in [0.2, 0.25) is 0 Å². The van der Waals surface area contributed by atoms with Gasteiger partial charge in [0.25, 0.3) is 0 Å². The largest absolute Gasteiger partial charge is 0.467 e. The monoisotopic (exact) mass is 283 g/mol. The standard InChI is InChI=1S/C15H25NO4/c1-15(2,3)20-14(18)16-12(13(17)19-4)8-11-9-6-5-7-10(9)11/h9-12H,5-8H2,1-4H3,(H,16,18)/t9-,10+,11?,12?. The molecule has 2 aliphatic carbocycles. The van der Waals surface area contributed by atoms with E-state index in [2.05, 4.69) is 5.32 Å². The Morgan fingerprint density at radius 1 is 1.25 bits per heavy atom. The number of rotatable bonds is 4. The Morgan fingerprint density at radius 2 is 1.85 bits per heavy atom. The molecule has 0 saturated heterocycles. The zero-order valence-electron chi connectivity index (χ0n) is 12.8. The highest BCUT2D eigenvalue weighted by Crippen LogP contribution is 2.59. The summed E-state index contributed by atoms with van der Waals surface area (Å²) in [4.78, 5) is 23.6. The van der Waals surface area contributed by atoms with Crippen molar-refractivity contribution in [2.45, 2.75) is 58.1 Å². The van der Waals surface area contributed by atoms with Crippen LogP contribution in [0.3, 0.4) is 0 Å². The first-order chi connectivity index (χ1) is 9.31. The molecule has 0 aromatic rings. The van der Waals surface area contributed by atoms with E-state index in [-0.39, 0.29) is 5.97 Å². The van der Waals surface area contributed by atoms with Gasteiger partial charge in [0, 0.05) is 0 Å². The van der Waals surface area contributed by atoms with E-state index >= 15 is 0 Å². The van der Waals surface area contributed by atoms with E-state index in [4.69, 9.17) is 9.47 Å². The highest BCUT2D eigenvalue weighted by Gasteiger charge is 2.53. The van der Waals surface area contributed by atoms with Crippen molar-refractivity contribution >= 4 is 12.1 Å². The Hall–Kier alpha value is -1.26. The lowest BCUT2D eigenvalue weighted by molar-refractivity contribution is -0.143. The zero-order chi connectivity index (χ0) is 14.9. The number of carbonyl (C=O) groups is 2. The zero-order valence-corrected chi connectivity index (χ0v) is 12.8. The van der Waals surface area contributed by atoms with E-state index in [9.17, 15) is 9.59 Å². The minimum atomic E-state index is -0.592. The third-order valence-corrected chi connectivity index (χ3v) is 4.27. The van der Waals surface area contributed by atoms with Crippen LogP contribution < -0.4 is 5.32 Å². The minimum absolute atomic E-state index is 0.388. The first-order valence-corrected chi connectivity index (χ1v) is 7.39. The Morgan fingerprint density at radius 3 is 2.35 bits per heavy atom. The number of alkyl carbamates (subject to hydrolysis) is 1. The summed E-state index contributed by atoms with van der Waals surface area (Å²) in [6.45, 7) is 5.39. The van der Waals surface area contributed by atoms with Crippen molar-refractivity contribution in [3.05, 3.63) is 0 Å². The predicted octanol–water partition coefficient (Wildman–Crippen LogP) is 2.49. The van der Waals surface area contributed by atoms with Crippen molar-refractivity contribution < 1.29 is 19.1 Å². The van der Waals surface area contributed by atoms with Crippen molar-refractivity contribution in [2.24, 2.45) is 17.8 Å². The molecule has 0 heterocycles. The fraction of sp³-hybridized carbons (Fsp3) is 0.867. The van der Waals surface area contributed by atoms with E-state index in [1.165, 1.54) is 26.4 Å². The van der Waals surface area contributed by atoms with Crippen LogP contribution in [0.5, 0.6) is 0 Å². The maximum atomic E-state index is 11.8. The van der Waals surface area contributed by atoms with Gasteiger partial charge in [0.15, 0.2) is 0 Å². The highest BCUT2D eigenvalue weighted by atomic mass is 16.6. The number of hydrogen-bond donors (Lipinski definition) is 1. The molecule has 20 heavy (non-hydrogen) atoms. The number of methoxy groups -OCH3 is 1. The molecule has 114 valence electrons. The van der Waals surface area contributed by atoms with Crippen molar-refractivity contribution in [1.82, 2.24) is 5.32 Å². The van der Waals surface area contributed by atoms with E-state index in [0.29, 0.717) is 12.3 Å². The van der Waals surface area contributed by atoms with E-state index < -0.39 is 17.7 Å². The Kier molecular flexibility index (Phi) is 4.25. The fourth-order valence-corrected chi connectivity index (χ4v) is 3.40. The molecule has 0 aromatic heterocycles. The molecule has 4 atom stereocenters. The molecule has 0 aromatic carbocycles. The molecule has 1 amide bonds. The van der Waals surface area contributed by atoms with Crippen LogP contribution in [0, 0.1) is 17.8 Å². The van der Waals surface area contributed by atoms with Gasteiger partial charge in [-0.1, -0.05) is 6.42 Å². The number of esters is 1. The summed E-state index contributed by atoms with van der Waals surface area (Å²) in [5.74, 6) is 1.67. The molecule has 2 aliphatic rings. The van der Waals surface area contributed by atoms with Gasteiger partial charge in [-0.25, -0.2) is 9.59 Å². The Balaban J connectivity index is 1.87. The van der Waals surface area contributed by atoms with Gasteiger partial charge in [0.1, 0.15) is 11.6 Å². The van der Waals surface area contributed by atoms with E-state index in [1.807, 2.05) is 0 Å². The molecule has 0 spiro atoms. The fourth-order valence-electron chi connectivity index (χ4n) is 3.40. The average Bonchev–Trinajstić information content (AvgIpc) is 2.77. The van der Waals surface area contributed by atoms with Gasteiger partial charge in [0.2, 0.25) is 0 Å². The molecule has 0 radical (unpaired) electrons. The molecule has 5 nitrogen and oxygen atoms in total. The number of hydrogen-bond acceptors (Lipinski definition) is 4. The van der Waals surface area contributed by atoms with Gasteiger partial charge >= 0.3 is 12.1 Å². The van der Waals surface area contributed by atoms with Gasteiger partial charge in [-0.3, -0.25) is 0 Å². The van der Waals surface area contributed by atoms with Crippen LogP contribution in [0.1, 0.15) is 46.5 Å². The van der Waals surface area contributed by atoms with Crippen molar-refractivity contribution in [3.63, 3.8) is 0 Å². The molecule has 5 heteroatoms. The van der Waals surface area contributed by atoms with Crippen LogP contribution in [-0.2, 0) is 14.3 Å². The molecule has 0 bridgehead atoms. The number of amides is 1. The summed E-state index contributed by atoms with van der Waals surface area (Å²) in [5.41, 5.74) is -0.569. The normalized spacial score (nSPS) is 29.3. The maximum absolute atomic E-state index is 11.8. The number of nitrogens with one attached hydrogen (secondary N) is 1. The summed E-state index contributed by atoms with van der Waals surface area (Å²) in [6.07, 6.45) is 3.93.